The lowest BCUT2D eigenvalue weighted by Crippen LogP contribution is -2.30. The Labute approximate surface area is 177 Å². The number of aryl methyl sites for hydroxylation is 1. The van der Waals surface area contributed by atoms with E-state index in [-0.39, 0.29) is 22.9 Å². The smallest absolute Gasteiger partial charge is 0.286 e. The lowest BCUT2D eigenvalue weighted by atomic mass is 10.1. The molecular formula is C21H19ClN4O2S. The Bertz CT molecular complexity index is 1030. The van der Waals surface area contributed by atoms with Crippen LogP contribution in [0.25, 0.3) is 0 Å². The number of rotatable bonds is 4. The number of amides is 2. The third-order valence-corrected chi connectivity index (χ3v) is 6.11. The summed E-state index contributed by atoms with van der Waals surface area (Å²) in [5.74, 6) is -0.365. The second-order valence-corrected chi connectivity index (χ2v) is 8.37. The van der Waals surface area contributed by atoms with E-state index >= 15 is 0 Å². The quantitative estimate of drug-likeness (QED) is 0.654. The molecule has 1 N–H and O–H groups in total. The van der Waals surface area contributed by atoms with E-state index in [4.69, 9.17) is 11.6 Å². The van der Waals surface area contributed by atoms with Crippen molar-refractivity contribution in [3.05, 3.63) is 74.7 Å². The van der Waals surface area contributed by atoms with Gasteiger partial charge in [-0.15, -0.1) is 10.2 Å². The van der Waals surface area contributed by atoms with Crippen LogP contribution in [0.2, 0.25) is 5.02 Å². The minimum Gasteiger partial charge on any atom is -0.329 e. The highest BCUT2D eigenvalue weighted by Crippen LogP contribution is 2.35. The van der Waals surface area contributed by atoms with E-state index < -0.39 is 0 Å². The lowest BCUT2D eigenvalue weighted by molar-refractivity contribution is 0.0735. The molecule has 8 heteroatoms. The number of hydrogen-bond acceptors (Lipinski definition) is 5. The molecule has 1 aromatic heterocycles. The molecule has 148 valence electrons. The van der Waals surface area contributed by atoms with Gasteiger partial charge in [-0.1, -0.05) is 40.6 Å². The Morgan fingerprint density at radius 1 is 1.10 bits per heavy atom. The second-order valence-electron chi connectivity index (χ2n) is 6.93. The summed E-state index contributed by atoms with van der Waals surface area (Å²) in [6, 6.07) is 14.2. The number of aromatic nitrogens is 2. The van der Waals surface area contributed by atoms with Crippen LogP contribution in [0.4, 0.5) is 5.69 Å². The fraction of sp³-hybridized carbons (Fsp3) is 0.238. The predicted octanol–water partition coefficient (Wildman–Crippen LogP) is 4.73. The van der Waals surface area contributed by atoms with Crippen molar-refractivity contribution in [1.82, 2.24) is 15.1 Å². The van der Waals surface area contributed by atoms with Crippen molar-refractivity contribution in [1.29, 1.82) is 0 Å². The highest BCUT2D eigenvalue weighted by Gasteiger charge is 2.33. The van der Waals surface area contributed by atoms with Crippen LogP contribution in [0.3, 0.4) is 0 Å². The van der Waals surface area contributed by atoms with Gasteiger partial charge in [-0.2, -0.15) is 0 Å². The first-order valence-electron chi connectivity index (χ1n) is 9.29. The average Bonchev–Trinajstić information content (AvgIpc) is 3.39. The van der Waals surface area contributed by atoms with Gasteiger partial charge in [-0.3, -0.25) is 9.59 Å². The standard InChI is InChI=1S/C21H19ClN4O2S/c1-13-4-10-16(11-5-13)23-18(27)20-25-24-19(29-20)17-3-2-12-26(17)21(28)14-6-8-15(22)9-7-14/h4-11,17H,2-3,12H2,1H3,(H,23,27). The van der Waals surface area contributed by atoms with E-state index in [1.54, 1.807) is 29.2 Å². The van der Waals surface area contributed by atoms with E-state index in [9.17, 15) is 9.59 Å². The van der Waals surface area contributed by atoms with Crippen LogP contribution in [0, 0.1) is 6.92 Å². The van der Waals surface area contributed by atoms with Gasteiger partial charge < -0.3 is 10.2 Å². The van der Waals surface area contributed by atoms with Gasteiger partial charge >= 0.3 is 0 Å². The van der Waals surface area contributed by atoms with Crippen molar-refractivity contribution in [2.75, 3.05) is 11.9 Å². The molecule has 1 saturated heterocycles. The average molecular weight is 427 g/mol. The molecule has 1 aliphatic rings. The largest absolute Gasteiger partial charge is 0.329 e. The third-order valence-electron chi connectivity index (χ3n) is 4.83. The Kier molecular flexibility index (Phi) is 5.60. The number of likely N-dealkylation sites (tertiary alicyclic amines) is 1. The van der Waals surface area contributed by atoms with Gasteiger partial charge in [-0.05, 0) is 56.2 Å². The first-order chi connectivity index (χ1) is 14.0. The first kappa shape index (κ1) is 19.5. The number of nitrogens with zero attached hydrogens (tertiary/aromatic N) is 3. The van der Waals surface area contributed by atoms with Gasteiger partial charge in [0.2, 0.25) is 5.01 Å². The topological polar surface area (TPSA) is 75.2 Å². The molecule has 1 unspecified atom stereocenters. The highest BCUT2D eigenvalue weighted by atomic mass is 35.5. The van der Waals surface area contributed by atoms with Crippen LogP contribution in [0.1, 0.15) is 49.6 Å². The summed E-state index contributed by atoms with van der Waals surface area (Å²) in [6.07, 6.45) is 1.68. The van der Waals surface area contributed by atoms with Gasteiger partial charge in [0.05, 0.1) is 6.04 Å². The lowest BCUT2D eigenvalue weighted by Gasteiger charge is -2.22. The van der Waals surface area contributed by atoms with E-state index in [2.05, 4.69) is 15.5 Å². The molecule has 0 spiro atoms. The normalized spacial score (nSPS) is 16.1. The number of hydrogen-bond donors (Lipinski definition) is 1. The number of carbonyl (C=O) groups excluding carboxylic acids is 2. The van der Waals surface area contributed by atoms with Crippen molar-refractivity contribution >= 4 is 40.4 Å². The summed E-state index contributed by atoms with van der Waals surface area (Å²) in [5, 5.41) is 12.6. The summed E-state index contributed by atoms with van der Waals surface area (Å²) in [5.41, 5.74) is 2.41. The third kappa shape index (κ3) is 4.31. The van der Waals surface area contributed by atoms with Gasteiger partial charge in [0, 0.05) is 22.8 Å². The molecule has 2 heterocycles. The molecule has 2 aromatic carbocycles. The fourth-order valence-electron chi connectivity index (χ4n) is 3.31. The van der Waals surface area contributed by atoms with Crippen LogP contribution in [-0.4, -0.2) is 33.5 Å². The molecule has 0 bridgehead atoms. The van der Waals surface area contributed by atoms with Gasteiger partial charge in [0.1, 0.15) is 5.01 Å². The molecule has 1 aliphatic heterocycles. The number of halogens is 1. The van der Waals surface area contributed by atoms with E-state index in [1.807, 2.05) is 31.2 Å². The summed E-state index contributed by atoms with van der Waals surface area (Å²) < 4.78 is 0. The minimum atomic E-state index is -0.300. The molecule has 0 aliphatic carbocycles. The molecule has 1 atom stereocenters. The molecule has 6 nitrogen and oxygen atoms in total. The van der Waals surface area contributed by atoms with Crippen molar-refractivity contribution in [3.63, 3.8) is 0 Å². The van der Waals surface area contributed by atoms with Crippen molar-refractivity contribution in [3.8, 4) is 0 Å². The number of nitrogens with one attached hydrogen (secondary N) is 1. The number of benzene rings is 2. The zero-order chi connectivity index (χ0) is 20.4. The molecule has 1 fully saturated rings. The molecule has 29 heavy (non-hydrogen) atoms. The highest BCUT2D eigenvalue weighted by molar-refractivity contribution is 7.13. The van der Waals surface area contributed by atoms with Crippen molar-refractivity contribution in [2.24, 2.45) is 0 Å². The van der Waals surface area contributed by atoms with E-state index in [0.29, 0.717) is 27.8 Å². The summed E-state index contributed by atoms with van der Waals surface area (Å²) in [6.45, 7) is 2.64. The number of carbonyl (C=O) groups is 2. The van der Waals surface area contributed by atoms with Crippen molar-refractivity contribution < 1.29 is 9.59 Å². The zero-order valence-corrected chi connectivity index (χ0v) is 17.3. The van der Waals surface area contributed by atoms with E-state index in [1.165, 1.54) is 11.3 Å². The van der Waals surface area contributed by atoms with Crippen LogP contribution in [0.5, 0.6) is 0 Å². The molecule has 0 radical (unpaired) electrons. The first-order valence-corrected chi connectivity index (χ1v) is 10.5. The Morgan fingerprint density at radius 2 is 1.83 bits per heavy atom. The Balaban J connectivity index is 1.49. The van der Waals surface area contributed by atoms with E-state index in [0.717, 1.165) is 18.4 Å². The molecule has 3 aromatic rings. The van der Waals surface area contributed by atoms with Crippen LogP contribution >= 0.6 is 22.9 Å². The zero-order valence-electron chi connectivity index (χ0n) is 15.8. The molecule has 4 rings (SSSR count). The molecule has 2 amide bonds. The SMILES string of the molecule is Cc1ccc(NC(=O)c2nnc(C3CCCN3C(=O)c3ccc(Cl)cc3)s2)cc1. The van der Waals surface area contributed by atoms with Crippen molar-refractivity contribution in [2.45, 2.75) is 25.8 Å². The summed E-state index contributed by atoms with van der Waals surface area (Å²) in [7, 11) is 0. The Hall–Kier alpha value is -2.77. The summed E-state index contributed by atoms with van der Waals surface area (Å²) >= 11 is 7.15. The minimum absolute atomic E-state index is 0.0648. The maximum atomic E-state index is 12.9. The number of anilines is 1. The monoisotopic (exact) mass is 426 g/mol. The maximum Gasteiger partial charge on any atom is 0.286 e. The molecular weight excluding hydrogens is 408 g/mol. The summed E-state index contributed by atoms with van der Waals surface area (Å²) in [4.78, 5) is 27.2. The maximum absolute atomic E-state index is 12.9. The molecule has 0 saturated carbocycles. The Morgan fingerprint density at radius 3 is 2.55 bits per heavy atom. The van der Waals surface area contributed by atoms with Gasteiger partial charge in [-0.25, -0.2) is 0 Å². The van der Waals surface area contributed by atoms with Gasteiger partial charge in [0.15, 0.2) is 0 Å². The predicted molar refractivity (Wildman–Crippen MR) is 114 cm³/mol. The van der Waals surface area contributed by atoms with Crippen LogP contribution in [0.15, 0.2) is 48.5 Å². The fourth-order valence-corrected chi connectivity index (χ4v) is 4.32. The van der Waals surface area contributed by atoms with Gasteiger partial charge in [0.25, 0.3) is 11.8 Å². The van der Waals surface area contributed by atoms with Crippen LogP contribution in [-0.2, 0) is 0 Å². The van der Waals surface area contributed by atoms with Crippen LogP contribution < -0.4 is 5.32 Å². The second kappa shape index (κ2) is 8.31.